The lowest BCUT2D eigenvalue weighted by Crippen LogP contribution is -2.30. The van der Waals surface area contributed by atoms with Crippen LogP contribution in [0.2, 0.25) is 0 Å². The van der Waals surface area contributed by atoms with Crippen LogP contribution < -0.4 is 14.2 Å². The minimum atomic E-state index is -0.478. The number of benzene rings is 2. The molecule has 3 saturated carbocycles. The molecule has 0 aromatic heterocycles. The lowest BCUT2D eigenvalue weighted by atomic mass is 9.68. The quantitative estimate of drug-likeness (QED) is 0.0462. The summed E-state index contributed by atoms with van der Waals surface area (Å²) >= 11 is 0. The van der Waals surface area contributed by atoms with Crippen molar-refractivity contribution >= 4 is 24.1 Å². The van der Waals surface area contributed by atoms with E-state index in [2.05, 4.69) is 19.6 Å². The van der Waals surface area contributed by atoms with E-state index in [1.54, 1.807) is 24.3 Å². The molecule has 300 valence electrons. The fraction of sp³-hybridized carbons (Fsp3) is 0.600. The fourth-order valence-corrected chi connectivity index (χ4v) is 8.67. The smallest absolute Gasteiger partial charge is 0.330 e. The highest BCUT2D eigenvalue weighted by atomic mass is 16.6. The molecule has 0 radical (unpaired) electrons. The Hall–Kier alpha value is -4.02. The molecule has 3 fully saturated rings. The topological polar surface area (TPSA) is 130 Å². The molecule has 3 aliphatic carbocycles. The molecule has 55 heavy (non-hydrogen) atoms. The molecule has 0 bridgehead atoms. The molecular formula is C45H61NO9. The van der Waals surface area contributed by atoms with E-state index < -0.39 is 5.97 Å². The monoisotopic (exact) mass is 759 g/mol. The number of carbonyl (C=O) groups is 3. The third-order valence-electron chi connectivity index (χ3n) is 11.8. The molecule has 0 spiro atoms. The van der Waals surface area contributed by atoms with Gasteiger partial charge in [-0.1, -0.05) is 45.3 Å². The summed E-state index contributed by atoms with van der Waals surface area (Å²) in [7, 11) is 0. The zero-order valence-electron chi connectivity index (χ0n) is 32.7. The van der Waals surface area contributed by atoms with Gasteiger partial charge in [0.2, 0.25) is 0 Å². The molecule has 10 nitrogen and oxygen atoms in total. The molecule has 1 N–H and O–H groups in total. The molecule has 0 saturated heterocycles. The first-order chi connectivity index (χ1) is 26.9. The summed E-state index contributed by atoms with van der Waals surface area (Å²) in [5.41, 5.74) is 1.89. The van der Waals surface area contributed by atoms with Crippen LogP contribution in [0.5, 0.6) is 17.2 Å². The highest BCUT2D eigenvalue weighted by Gasteiger charge is 2.34. The van der Waals surface area contributed by atoms with E-state index in [0.29, 0.717) is 80.8 Å². The van der Waals surface area contributed by atoms with Crippen molar-refractivity contribution in [1.29, 1.82) is 5.41 Å². The Balaban J connectivity index is 0.963. The molecule has 0 aliphatic heterocycles. The van der Waals surface area contributed by atoms with Crippen molar-refractivity contribution in [2.75, 3.05) is 39.6 Å². The van der Waals surface area contributed by atoms with Gasteiger partial charge in [-0.3, -0.25) is 9.59 Å². The van der Waals surface area contributed by atoms with Crippen LogP contribution in [0.4, 0.5) is 0 Å². The lowest BCUT2D eigenvalue weighted by Gasteiger charge is -2.38. The number of hydrogen-bond donors (Lipinski definition) is 1. The zero-order valence-corrected chi connectivity index (χ0v) is 32.7. The van der Waals surface area contributed by atoms with E-state index in [1.807, 2.05) is 12.1 Å². The SMILES string of the molecule is C=CC(=O)OCCOCCOCCOc1ccc(OC(=O)C2CCC(C(=O)Oc3ccc(C4CCC(C5CCC(CCC)CC5)CC4)cc3C=N)CC2)cc1. The van der Waals surface area contributed by atoms with Gasteiger partial charge in [0.1, 0.15) is 30.5 Å². The van der Waals surface area contributed by atoms with Crippen molar-refractivity contribution in [2.24, 2.45) is 29.6 Å². The Labute approximate surface area is 327 Å². The highest BCUT2D eigenvalue weighted by molar-refractivity contribution is 5.85. The van der Waals surface area contributed by atoms with Crippen LogP contribution in [-0.2, 0) is 28.6 Å². The van der Waals surface area contributed by atoms with E-state index in [4.69, 9.17) is 33.8 Å². The average molecular weight is 760 g/mol. The molecule has 0 amide bonds. The molecular weight excluding hydrogens is 698 g/mol. The lowest BCUT2D eigenvalue weighted by molar-refractivity contribution is -0.145. The molecule has 3 aliphatic rings. The Morgan fingerprint density at radius 2 is 1.25 bits per heavy atom. The summed E-state index contributed by atoms with van der Waals surface area (Å²) in [5.74, 6) is 3.06. The second-order valence-electron chi connectivity index (χ2n) is 15.4. The van der Waals surface area contributed by atoms with Gasteiger partial charge >= 0.3 is 17.9 Å². The number of hydrogen-bond acceptors (Lipinski definition) is 10. The maximum atomic E-state index is 13.2. The molecule has 0 heterocycles. The second-order valence-corrected chi connectivity index (χ2v) is 15.4. The maximum absolute atomic E-state index is 13.2. The molecule has 0 unspecified atom stereocenters. The van der Waals surface area contributed by atoms with Gasteiger partial charge in [-0.25, -0.2) is 4.79 Å². The van der Waals surface area contributed by atoms with Crippen molar-refractivity contribution in [3.8, 4) is 17.2 Å². The van der Waals surface area contributed by atoms with Crippen LogP contribution >= 0.6 is 0 Å². The van der Waals surface area contributed by atoms with Gasteiger partial charge in [-0.05, 0) is 130 Å². The van der Waals surface area contributed by atoms with Crippen LogP contribution in [0.1, 0.15) is 114 Å². The molecule has 2 aromatic carbocycles. The summed E-state index contributed by atoms with van der Waals surface area (Å²) in [6, 6.07) is 12.9. The largest absolute Gasteiger partial charge is 0.491 e. The van der Waals surface area contributed by atoms with Crippen LogP contribution in [0.15, 0.2) is 55.1 Å². The van der Waals surface area contributed by atoms with Crippen LogP contribution in [0.3, 0.4) is 0 Å². The van der Waals surface area contributed by atoms with E-state index >= 15 is 0 Å². The number of nitrogens with one attached hydrogen (secondary N) is 1. The third-order valence-corrected chi connectivity index (χ3v) is 11.8. The van der Waals surface area contributed by atoms with E-state index in [-0.39, 0.29) is 37.0 Å². The van der Waals surface area contributed by atoms with Crippen molar-refractivity contribution < 1.29 is 42.8 Å². The Kier molecular flexibility index (Phi) is 17.2. The summed E-state index contributed by atoms with van der Waals surface area (Å²) < 4.78 is 32.8. The van der Waals surface area contributed by atoms with Gasteiger partial charge in [0.25, 0.3) is 0 Å². The first-order valence-corrected chi connectivity index (χ1v) is 20.6. The maximum Gasteiger partial charge on any atom is 0.330 e. The Bertz CT molecular complexity index is 1520. The Morgan fingerprint density at radius 3 is 1.85 bits per heavy atom. The van der Waals surface area contributed by atoms with Gasteiger partial charge < -0.3 is 33.8 Å². The van der Waals surface area contributed by atoms with Gasteiger partial charge in [-0.2, -0.15) is 0 Å². The standard InChI is InChI=1S/C45H61NO9/c1-3-5-32-6-8-33(9-7-32)34-10-12-35(13-11-34)38-18-23-42(39(30-38)31-46)55-45(49)37-16-14-36(15-17-37)44(48)54-41-21-19-40(20-22-41)52-28-26-50-24-25-51-27-29-53-43(47)4-2/h4,18-23,30-37,46H,2-3,5-17,24-29H2,1H3. The molecule has 2 aromatic rings. The summed E-state index contributed by atoms with van der Waals surface area (Å²) in [4.78, 5) is 37.1. The van der Waals surface area contributed by atoms with Crippen molar-refractivity contribution in [3.63, 3.8) is 0 Å². The predicted molar refractivity (Wildman–Crippen MR) is 211 cm³/mol. The number of rotatable bonds is 20. The third kappa shape index (κ3) is 13.3. The molecule has 5 rings (SSSR count). The van der Waals surface area contributed by atoms with E-state index in [0.717, 1.165) is 23.8 Å². The van der Waals surface area contributed by atoms with Crippen LogP contribution in [0, 0.1) is 35.0 Å². The van der Waals surface area contributed by atoms with Gasteiger partial charge in [0, 0.05) is 17.9 Å². The van der Waals surface area contributed by atoms with Gasteiger partial charge in [-0.15, -0.1) is 0 Å². The minimum absolute atomic E-state index is 0.168. The highest BCUT2D eigenvalue weighted by Crippen LogP contribution is 2.45. The van der Waals surface area contributed by atoms with E-state index in [9.17, 15) is 14.4 Å². The molecule has 10 heteroatoms. The number of esters is 3. The number of ether oxygens (including phenoxy) is 6. The van der Waals surface area contributed by atoms with Crippen LogP contribution in [0.25, 0.3) is 0 Å². The zero-order chi connectivity index (χ0) is 38.8. The normalized spacial score (nSPS) is 23.9. The fourth-order valence-electron chi connectivity index (χ4n) is 8.67. The van der Waals surface area contributed by atoms with Crippen molar-refractivity contribution in [2.45, 2.75) is 103 Å². The van der Waals surface area contributed by atoms with Crippen LogP contribution in [-0.4, -0.2) is 63.8 Å². The van der Waals surface area contributed by atoms with Crippen molar-refractivity contribution in [1.82, 2.24) is 0 Å². The minimum Gasteiger partial charge on any atom is -0.491 e. The Morgan fingerprint density at radius 1 is 0.691 bits per heavy atom. The first-order valence-electron chi connectivity index (χ1n) is 20.6. The van der Waals surface area contributed by atoms with Crippen molar-refractivity contribution in [3.05, 3.63) is 66.2 Å². The van der Waals surface area contributed by atoms with E-state index in [1.165, 1.54) is 76.0 Å². The number of carbonyl (C=O) groups excluding carboxylic acids is 3. The predicted octanol–water partition coefficient (Wildman–Crippen LogP) is 9.02. The first kappa shape index (κ1) is 42.1. The molecule has 0 atom stereocenters. The second kappa shape index (κ2) is 22.5. The summed E-state index contributed by atoms with van der Waals surface area (Å²) in [6.45, 7) is 7.57. The van der Waals surface area contributed by atoms with Gasteiger partial charge in [0.05, 0.1) is 38.3 Å². The summed E-state index contributed by atoms with van der Waals surface area (Å²) in [6.07, 6.45) is 17.9. The summed E-state index contributed by atoms with van der Waals surface area (Å²) in [5, 5.41) is 8.06. The van der Waals surface area contributed by atoms with Gasteiger partial charge in [0.15, 0.2) is 0 Å². The average Bonchev–Trinajstić information content (AvgIpc) is 3.22.